The van der Waals surface area contributed by atoms with Crippen molar-refractivity contribution in [2.75, 3.05) is 0 Å². The van der Waals surface area contributed by atoms with E-state index in [9.17, 15) is 18.7 Å². The predicted octanol–water partition coefficient (Wildman–Crippen LogP) is 1.07. The third-order valence-electron chi connectivity index (χ3n) is 2.18. The molecule has 0 spiro atoms. The Bertz CT molecular complexity index is 362. The summed E-state index contributed by atoms with van der Waals surface area (Å²) < 4.78 is 26.1. The van der Waals surface area contributed by atoms with Crippen LogP contribution in [-0.2, 0) is 4.79 Å². The summed E-state index contributed by atoms with van der Waals surface area (Å²) in [6, 6.07) is 4.52. The number of hydrogen-bond acceptors (Lipinski definition) is 2. The van der Waals surface area contributed by atoms with Crippen molar-refractivity contribution < 1.29 is 18.7 Å². The Morgan fingerprint density at radius 2 is 1.93 bits per heavy atom. The summed E-state index contributed by atoms with van der Waals surface area (Å²) in [7, 11) is 0. The van der Waals surface area contributed by atoms with Crippen LogP contribution in [0.5, 0.6) is 0 Å². The van der Waals surface area contributed by atoms with Crippen LogP contribution >= 0.6 is 0 Å². The Labute approximate surface area is 85.5 Å². The SMILES string of the molecule is C[C@@](F)(C(N)=O)[C@H](O)c1ccc(F)cc1. The van der Waals surface area contributed by atoms with Crippen LogP contribution in [0.3, 0.4) is 0 Å². The van der Waals surface area contributed by atoms with E-state index in [1.54, 1.807) is 0 Å². The minimum Gasteiger partial charge on any atom is -0.384 e. The molecular weight excluding hydrogens is 204 g/mol. The van der Waals surface area contributed by atoms with Crippen molar-refractivity contribution in [2.45, 2.75) is 18.7 Å². The Kier molecular flexibility index (Phi) is 3.04. The molecule has 15 heavy (non-hydrogen) atoms. The maximum atomic E-state index is 13.6. The summed E-state index contributed by atoms with van der Waals surface area (Å²) in [4.78, 5) is 10.7. The zero-order chi connectivity index (χ0) is 11.6. The maximum Gasteiger partial charge on any atom is 0.257 e. The highest BCUT2D eigenvalue weighted by Gasteiger charge is 2.40. The highest BCUT2D eigenvalue weighted by atomic mass is 19.1. The Hall–Kier alpha value is -1.49. The number of aliphatic hydroxyl groups is 1. The first-order chi connectivity index (χ1) is 6.85. The molecule has 3 N–H and O–H groups in total. The van der Waals surface area contributed by atoms with Crippen LogP contribution in [0.2, 0.25) is 0 Å². The molecule has 0 fully saturated rings. The van der Waals surface area contributed by atoms with Crippen LogP contribution in [0.4, 0.5) is 8.78 Å². The highest BCUT2D eigenvalue weighted by molar-refractivity contribution is 5.83. The van der Waals surface area contributed by atoms with E-state index in [4.69, 9.17) is 5.73 Å². The summed E-state index contributed by atoms with van der Waals surface area (Å²) >= 11 is 0. The van der Waals surface area contributed by atoms with E-state index in [1.165, 1.54) is 12.1 Å². The molecule has 0 aliphatic carbocycles. The molecule has 5 heteroatoms. The van der Waals surface area contributed by atoms with Crippen molar-refractivity contribution in [2.24, 2.45) is 5.73 Å². The van der Waals surface area contributed by atoms with Gasteiger partial charge in [0.1, 0.15) is 11.9 Å². The molecule has 1 rings (SSSR count). The van der Waals surface area contributed by atoms with Gasteiger partial charge in [-0.1, -0.05) is 12.1 Å². The van der Waals surface area contributed by atoms with Crippen molar-refractivity contribution in [3.63, 3.8) is 0 Å². The zero-order valence-electron chi connectivity index (χ0n) is 8.08. The first-order valence-corrected chi connectivity index (χ1v) is 4.28. The fraction of sp³-hybridized carbons (Fsp3) is 0.300. The van der Waals surface area contributed by atoms with E-state index in [0.29, 0.717) is 0 Å². The van der Waals surface area contributed by atoms with Gasteiger partial charge in [0, 0.05) is 0 Å². The first-order valence-electron chi connectivity index (χ1n) is 4.28. The topological polar surface area (TPSA) is 63.3 Å². The fourth-order valence-electron chi connectivity index (χ4n) is 1.09. The van der Waals surface area contributed by atoms with E-state index in [1.807, 2.05) is 0 Å². The minimum atomic E-state index is -2.57. The number of amides is 1. The quantitative estimate of drug-likeness (QED) is 0.792. The fourth-order valence-corrected chi connectivity index (χ4v) is 1.09. The third kappa shape index (κ3) is 2.30. The van der Waals surface area contributed by atoms with Crippen molar-refractivity contribution in [3.8, 4) is 0 Å². The molecule has 1 aromatic carbocycles. The average molecular weight is 215 g/mol. The molecule has 0 radical (unpaired) electrons. The van der Waals surface area contributed by atoms with Gasteiger partial charge in [0.2, 0.25) is 5.67 Å². The van der Waals surface area contributed by atoms with Crippen LogP contribution in [0.1, 0.15) is 18.6 Å². The molecule has 1 aromatic rings. The highest BCUT2D eigenvalue weighted by Crippen LogP contribution is 2.29. The monoisotopic (exact) mass is 215 g/mol. The Morgan fingerprint density at radius 3 is 2.33 bits per heavy atom. The lowest BCUT2D eigenvalue weighted by Crippen LogP contribution is -2.42. The van der Waals surface area contributed by atoms with E-state index in [-0.39, 0.29) is 5.56 Å². The second kappa shape index (κ2) is 3.94. The maximum absolute atomic E-state index is 13.6. The summed E-state index contributed by atoms with van der Waals surface area (Å²) in [5.41, 5.74) is 2.32. The zero-order valence-corrected chi connectivity index (χ0v) is 8.08. The van der Waals surface area contributed by atoms with Crippen molar-refractivity contribution in [3.05, 3.63) is 35.6 Å². The third-order valence-corrected chi connectivity index (χ3v) is 2.18. The van der Waals surface area contributed by atoms with Crippen LogP contribution in [-0.4, -0.2) is 16.7 Å². The number of alkyl halides is 1. The molecule has 0 saturated carbocycles. The van der Waals surface area contributed by atoms with E-state index in [2.05, 4.69) is 0 Å². The number of nitrogens with two attached hydrogens (primary N) is 1. The number of hydrogen-bond donors (Lipinski definition) is 2. The van der Waals surface area contributed by atoms with Crippen molar-refractivity contribution in [1.82, 2.24) is 0 Å². The number of halogens is 2. The van der Waals surface area contributed by atoms with E-state index in [0.717, 1.165) is 19.1 Å². The summed E-state index contributed by atoms with van der Waals surface area (Å²) in [5.74, 6) is -1.77. The molecule has 0 unspecified atom stereocenters. The second-order valence-corrected chi connectivity index (χ2v) is 3.39. The molecule has 3 nitrogen and oxygen atoms in total. The van der Waals surface area contributed by atoms with Gasteiger partial charge in [-0.25, -0.2) is 8.78 Å². The standard InChI is InChI=1S/C10H11F2NO2/c1-10(12,9(13)15)8(14)6-2-4-7(11)5-3-6/h2-5,8,14H,1H3,(H2,13,15)/t8-,10+/m1/s1. The molecule has 0 aromatic heterocycles. The van der Waals surface area contributed by atoms with E-state index < -0.39 is 23.5 Å². The lowest BCUT2D eigenvalue weighted by atomic mass is 9.94. The van der Waals surface area contributed by atoms with Gasteiger partial charge in [-0.05, 0) is 24.6 Å². The van der Waals surface area contributed by atoms with Crippen molar-refractivity contribution in [1.29, 1.82) is 0 Å². The largest absolute Gasteiger partial charge is 0.384 e. The molecule has 2 atom stereocenters. The van der Waals surface area contributed by atoms with Crippen LogP contribution < -0.4 is 5.73 Å². The van der Waals surface area contributed by atoms with Gasteiger partial charge < -0.3 is 10.8 Å². The van der Waals surface area contributed by atoms with Gasteiger partial charge in [0.15, 0.2) is 0 Å². The molecule has 0 aliphatic rings. The Morgan fingerprint density at radius 1 is 1.47 bits per heavy atom. The number of rotatable bonds is 3. The summed E-state index contributed by atoms with van der Waals surface area (Å²) in [6.07, 6.45) is -1.70. The second-order valence-electron chi connectivity index (χ2n) is 3.39. The predicted molar refractivity (Wildman–Crippen MR) is 50.1 cm³/mol. The molecule has 0 bridgehead atoms. The minimum absolute atomic E-state index is 0.0974. The van der Waals surface area contributed by atoms with Gasteiger partial charge in [0.05, 0.1) is 0 Å². The molecule has 82 valence electrons. The lowest BCUT2D eigenvalue weighted by molar-refractivity contribution is -0.136. The van der Waals surface area contributed by atoms with E-state index >= 15 is 0 Å². The molecular formula is C10H11F2NO2. The van der Waals surface area contributed by atoms with Gasteiger partial charge in [0.25, 0.3) is 5.91 Å². The number of primary amides is 1. The normalized spacial score (nSPS) is 16.8. The number of aliphatic hydroxyl groups excluding tert-OH is 1. The van der Waals surface area contributed by atoms with Crippen LogP contribution in [0.25, 0.3) is 0 Å². The number of carbonyl (C=O) groups excluding carboxylic acids is 1. The van der Waals surface area contributed by atoms with Crippen LogP contribution in [0.15, 0.2) is 24.3 Å². The molecule has 0 aliphatic heterocycles. The molecule has 0 saturated heterocycles. The smallest absolute Gasteiger partial charge is 0.257 e. The van der Waals surface area contributed by atoms with Crippen LogP contribution in [0, 0.1) is 5.82 Å². The average Bonchev–Trinajstić information content (AvgIpc) is 2.17. The van der Waals surface area contributed by atoms with Gasteiger partial charge >= 0.3 is 0 Å². The molecule has 0 heterocycles. The number of carbonyl (C=O) groups is 1. The summed E-state index contributed by atoms with van der Waals surface area (Å²) in [6.45, 7) is 0.878. The number of benzene rings is 1. The van der Waals surface area contributed by atoms with Gasteiger partial charge in [-0.15, -0.1) is 0 Å². The Balaban J connectivity index is 2.99. The lowest BCUT2D eigenvalue weighted by Gasteiger charge is -2.23. The summed E-state index contributed by atoms with van der Waals surface area (Å²) in [5, 5.41) is 9.51. The molecule has 1 amide bonds. The van der Waals surface area contributed by atoms with Gasteiger partial charge in [-0.3, -0.25) is 4.79 Å². The van der Waals surface area contributed by atoms with Crippen molar-refractivity contribution >= 4 is 5.91 Å². The first kappa shape index (κ1) is 11.6. The van der Waals surface area contributed by atoms with Gasteiger partial charge in [-0.2, -0.15) is 0 Å².